The molecule has 1 aromatic carbocycles. The Balaban J connectivity index is 2.66. The van der Waals surface area contributed by atoms with Crippen molar-refractivity contribution in [3.05, 3.63) is 33.8 Å². The average Bonchev–Trinajstić information content (AvgIpc) is 2.52. The molecule has 0 unspecified atom stereocenters. The van der Waals surface area contributed by atoms with Crippen molar-refractivity contribution in [1.29, 1.82) is 0 Å². The van der Waals surface area contributed by atoms with Gasteiger partial charge in [-0.25, -0.2) is 9.59 Å². The summed E-state index contributed by atoms with van der Waals surface area (Å²) in [7, 11) is 0. The fraction of sp³-hybridized carbons (Fsp3) is 0.500. The molecular weight excluding hydrogens is 413 g/mol. The van der Waals surface area contributed by atoms with Crippen molar-refractivity contribution in [3.63, 3.8) is 0 Å². The van der Waals surface area contributed by atoms with Crippen LogP contribution in [-0.2, 0) is 14.3 Å². The summed E-state index contributed by atoms with van der Waals surface area (Å²) in [5, 5.41) is 3.18. The van der Waals surface area contributed by atoms with Crippen molar-refractivity contribution in [2.45, 2.75) is 39.3 Å². The van der Waals surface area contributed by atoms with Gasteiger partial charge in [-0.15, -0.1) is 0 Å². The van der Waals surface area contributed by atoms with E-state index in [9.17, 15) is 14.4 Å². The van der Waals surface area contributed by atoms with Gasteiger partial charge in [0.1, 0.15) is 11.6 Å². The SMILES string of the molecule is CCOC(=O)[C@@H](CSCC(=O)c1ccc(Cl)cc1Cl)NC(=O)OC(C)(C)C. The molecule has 0 aliphatic rings. The minimum atomic E-state index is -0.932. The zero-order valence-corrected chi connectivity index (χ0v) is 18.0. The maximum Gasteiger partial charge on any atom is 0.408 e. The summed E-state index contributed by atoms with van der Waals surface area (Å²) in [6.45, 7) is 7.00. The molecule has 1 rings (SSSR count). The van der Waals surface area contributed by atoms with Gasteiger partial charge in [-0.1, -0.05) is 23.2 Å². The number of alkyl carbamates (subject to hydrolysis) is 1. The van der Waals surface area contributed by atoms with Gasteiger partial charge in [-0.05, 0) is 45.9 Å². The number of hydrogen-bond donors (Lipinski definition) is 1. The molecule has 0 radical (unpaired) electrons. The minimum absolute atomic E-state index is 0.0766. The lowest BCUT2D eigenvalue weighted by Gasteiger charge is -2.22. The van der Waals surface area contributed by atoms with Crippen LogP contribution in [0.5, 0.6) is 0 Å². The number of Topliss-reactive ketones (excluding diaryl/α,β-unsaturated/α-hetero) is 1. The Morgan fingerprint density at radius 1 is 1.22 bits per heavy atom. The first-order chi connectivity index (χ1) is 12.5. The van der Waals surface area contributed by atoms with E-state index in [-0.39, 0.29) is 28.9 Å². The van der Waals surface area contributed by atoms with Gasteiger partial charge >= 0.3 is 12.1 Å². The third-order valence-electron chi connectivity index (χ3n) is 3.01. The molecule has 0 aliphatic heterocycles. The van der Waals surface area contributed by atoms with E-state index in [1.165, 1.54) is 17.8 Å². The third-order valence-corrected chi connectivity index (χ3v) is 4.59. The monoisotopic (exact) mass is 435 g/mol. The molecule has 1 N–H and O–H groups in total. The van der Waals surface area contributed by atoms with Crippen LogP contribution >= 0.6 is 35.0 Å². The number of thioether (sulfide) groups is 1. The molecule has 0 heterocycles. The molecule has 0 fully saturated rings. The van der Waals surface area contributed by atoms with Crippen LogP contribution in [0, 0.1) is 0 Å². The lowest BCUT2D eigenvalue weighted by atomic mass is 10.1. The molecule has 1 aromatic rings. The predicted octanol–water partition coefficient (Wildman–Crippen LogP) is 4.37. The number of carbonyl (C=O) groups is 3. The predicted molar refractivity (Wildman–Crippen MR) is 108 cm³/mol. The molecule has 0 aliphatic carbocycles. The Kier molecular flexibility index (Phi) is 9.42. The van der Waals surface area contributed by atoms with Crippen molar-refractivity contribution in [3.8, 4) is 0 Å². The first kappa shape index (κ1) is 23.6. The zero-order valence-electron chi connectivity index (χ0n) is 15.6. The van der Waals surface area contributed by atoms with Crippen molar-refractivity contribution < 1.29 is 23.9 Å². The molecular formula is C18H23Cl2NO5S. The lowest BCUT2D eigenvalue weighted by molar-refractivity contribution is -0.145. The Bertz CT molecular complexity index is 691. The second-order valence-electron chi connectivity index (χ2n) is 6.51. The normalized spacial score (nSPS) is 12.2. The second-order valence-corrected chi connectivity index (χ2v) is 8.39. The molecule has 9 heteroatoms. The van der Waals surface area contributed by atoms with E-state index < -0.39 is 23.7 Å². The van der Waals surface area contributed by atoms with Crippen molar-refractivity contribution in [2.75, 3.05) is 18.1 Å². The summed E-state index contributed by atoms with van der Waals surface area (Å²) in [6.07, 6.45) is -0.728. The first-order valence-electron chi connectivity index (χ1n) is 8.25. The number of benzene rings is 1. The maximum atomic E-state index is 12.3. The van der Waals surface area contributed by atoms with Gasteiger partial charge in [0.25, 0.3) is 0 Å². The molecule has 1 atom stereocenters. The van der Waals surface area contributed by atoms with Crippen LogP contribution in [0.3, 0.4) is 0 Å². The number of rotatable bonds is 8. The standard InChI is InChI=1S/C18H23Cl2NO5S/c1-5-25-16(23)14(21-17(24)26-18(2,3)4)9-27-10-15(22)12-7-6-11(19)8-13(12)20/h6-8,14H,5,9-10H2,1-4H3,(H,21,24)/t14-/m1/s1. The van der Waals surface area contributed by atoms with Gasteiger partial charge < -0.3 is 14.8 Å². The van der Waals surface area contributed by atoms with Crippen molar-refractivity contribution in [2.24, 2.45) is 0 Å². The summed E-state index contributed by atoms with van der Waals surface area (Å²) in [5.41, 5.74) is -0.348. The number of ketones is 1. The minimum Gasteiger partial charge on any atom is -0.464 e. The van der Waals surface area contributed by atoms with Crippen LogP contribution in [-0.4, -0.2) is 47.6 Å². The van der Waals surface area contributed by atoms with Crippen LogP contribution in [0.2, 0.25) is 10.0 Å². The first-order valence-corrected chi connectivity index (χ1v) is 10.2. The molecule has 150 valence electrons. The smallest absolute Gasteiger partial charge is 0.408 e. The number of esters is 1. The summed E-state index contributed by atoms with van der Waals surface area (Å²) in [6, 6.07) is 3.69. The largest absolute Gasteiger partial charge is 0.464 e. The van der Waals surface area contributed by atoms with Crippen LogP contribution in [0.15, 0.2) is 18.2 Å². The zero-order chi connectivity index (χ0) is 20.6. The summed E-state index contributed by atoms with van der Waals surface area (Å²) in [4.78, 5) is 36.3. The molecule has 0 spiro atoms. The van der Waals surface area contributed by atoms with Crippen LogP contribution in [0.25, 0.3) is 0 Å². The maximum absolute atomic E-state index is 12.3. The Labute approximate surface area is 173 Å². The van der Waals surface area contributed by atoms with Crippen LogP contribution < -0.4 is 5.32 Å². The van der Waals surface area contributed by atoms with E-state index in [1.807, 2.05) is 0 Å². The molecule has 0 saturated carbocycles. The molecule has 1 amide bonds. The van der Waals surface area contributed by atoms with Crippen LogP contribution in [0.4, 0.5) is 4.79 Å². The second kappa shape index (κ2) is 10.8. The van der Waals surface area contributed by atoms with E-state index in [1.54, 1.807) is 39.8 Å². The quantitative estimate of drug-likeness (QED) is 0.482. The topological polar surface area (TPSA) is 81.7 Å². The number of halogens is 2. The van der Waals surface area contributed by atoms with Crippen molar-refractivity contribution in [1.82, 2.24) is 5.32 Å². The Morgan fingerprint density at radius 2 is 1.89 bits per heavy atom. The summed E-state index contributed by atoms with van der Waals surface area (Å²) >= 11 is 13.0. The number of hydrogen-bond acceptors (Lipinski definition) is 6. The van der Waals surface area contributed by atoms with E-state index in [0.29, 0.717) is 10.6 Å². The lowest BCUT2D eigenvalue weighted by Crippen LogP contribution is -2.45. The number of carbonyl (C=O) groups excluding carboxylic acids is 3. The van der Waals surface area contributed by atoms with E-state index in [0.717, 1.165) is 0 Å². The third kappa shape index (κ3) is 8.86. The number of nitrogens with one attached hydrogen (secondary N) is 1. The van der Waals surface area contributed by atoms with Gasteiger partial charge in [0.2, 0.25) is 0 Å². The Morgan fingerprint density at radius 3 is 2.44 bits per heavy atom. The molecule has 27 heavy (non-hydrogen) atoms. The average molecular weight is 436 g/mol. The molecule has 6 nitrogen and oxygen atoms in total. The number of amides is 1. The Hall–Kier alpha value is -1.44. The highest BCUT2D eigenvalue weighted by molar-refractivity contribution is 8.00. The highest BCUT2D eigenvalue weighted by Gasteiger charge is 2.25. The highest BCUT2D eigenvalue weighted by atomic mass is 35.5. The fourth-order valence-electron chi connectivity index (χ4n) is 1.92. The van der Waals surface area contributed by atoms with E-state index >= 15 is 0 Å². The highest BCUT2D eigenvalue weighted by Crippen LogP contribution is 2.22. The van der Waals surface area contributed by atoms with Gasteiger partial charge in [0, 0.05) is 16.3 Å². The fourth-order valence-corrected chi connectivity index (χ4v) is 3.35. The van der Waals surface area contributed by atoms with Crippen LogP contribution in [0.1, 0.15) is 38.1 Å². The summed E-state index contributed by atoms with van der Waals surface area (Å²) in [5.74, 6) is -0.572. The van der Waals surface area contributed by atoms with E-state index in [2.05, 4.69) is 5.32 Å². The van der Waals surface area contributed by atoms with Gasteiger partial charge in [-0.2, -0.15) is 11.8 Å². The molecule has 0 bridgehead atoms. The van der Waals surface area contributed by atoms with Gasteiger partial charge in [0.05, 0.1) is 17.4 Å². The molecule has 0 aromatic heterocycles. The molecule has 0 saturated heterocycles. The van der Waals surface area contributed by atoms with Crippen molar-refractivity contribution >= 4 is 52.8 Å². The summed E-state index contributed by atoms with van der Waals surface area (Å²) < 4.78 is 10.1. The van der Waals surface area contributed by atoms with Gasteiger partial charge in [0.15, 0.2) is 5.78 Å². The van der Waals surface area contributed by atoms with Gasteiger partial charge in [-0.3, -0.25) is 4.79 Å². The number of ether oxygens (including phenoxy) is 2. The van der Waals surface area contributed by atoms with E-state index in [4.69, 9.17) is 32.7 Å².